The number of hydrogen-bond acceptors (Lipinski definition) is 5. The molecule has 2 amide bonds. The molecule has 1 aromatic heterocycles. The number of carbonyl (C=O) groups excluding carboxylic acids is 1. The summed E-state index contributed by atoms with van der Waals surface area (Å²) >= 11 is 3.73. The molecule has 1 saturated heterocycles. The van der Waals surface area contributed by atoms with E-state index in [1.54, 1.807) is 24.3 Å². The Kier molecular flexibility index (Phi) is 7.72. The third-order valence-corrected chi connectivity index (χ3v) is 9.39. The first-order valence-electron chi connectivity index (χ1n) is 14.0. The molecule has 2 aromatic rings. The fourth-order valence-electron chi connectivity index (χ4n) is 6.88. The van der Waals surface area contributed by atoms with Gasteiger partial charge >= 0.3 is 6.03 Å². The number of benzene rings is 1. The van der Waals surface area contributed by atoms with Gasteiger partial charge in [-0.15, -0.1) is 0 Å². The topological polar surface area (TPSA) is 89.5 Å². The van der Waals surface area contributed by atoms with Crippen molar-refractivity contribution in [1.29, 1.82) is 5.26 Å². The fraction of sp³-hybridized carbons (Fsp3) is 0.419. The summed E-state index contributed by atoms with van der Waals surface area (Å²) in [5, 5.41) is 12.0. The smallest absolute Gasteiger partial charge is 0.321 e. The average molecular weight is 601 g/mol. The molecule has 2 aliphatic carbocycles. The van der Waals surface area contributed by atoms with Crippen molar-refractivity contribution in [3.8, 4) is 6.07 Å². The largest absolute Gasteiger partial charge is 0.335 e. The fourth-order valence-corrected chi connectivity index (χ4v) is 7.30. The van der Waals surface area contributed by atoms with Crippen LogP contribution in [0.15, 0.2) is 76.5 Å². The minimum atomic E-state index is -0.0974. The van der Waals surface area contributed by atoms with Gasteiger partial charge in [0.1, 0.15) is 5.82 Å². The number of piperazine rings is 1. The van der Waals surface area contributed by atoms with Crippen LogP contribution in [0.3, 0.4) is 0 Å². The number of nitrogens with one attached hydrogen (secondary N) is 1. The van der Waals surface area contributed by atoms with Crippen LogP contribution in [0, 0.1) is 41.9 Å². The molecule has 40 heavy (non-hydrogen) atoms. The quantitative estimate of drug-likeness (QED) is 0.535. The molecule has 206 valence electrons. The van der Waals surface area contributed by atoms with E-state index in [1.165, 1.54) is 0 Å². The Morgan fingerprint density at radius 3 is 2.62 bits per heavy atom. The summed E-state index contributed by atoms with van der Waals surface area (Å²) in [5.41, 5.74) is 1.28. The van der Waals surface area contributed by atoms with Crippen LogP contribution in [0.2, 0.25) is 0 Å². The predicted molar refractivity (Wildman–Crippen MR) is 160 cm³/mol. The number of aliphatic imine (C=N–C) groups is 1. The molecule has 0 bridgehead atoms. The molecule has 6 unspecified atom stereocenters. The van der Waals surface area contributed by atoms with Gasteiger partial charge in [0.05, 0.1) is 17.7 Å². The van der Waals surface area contributed by atoms with Gasteiger partial charge in [0, 0.05) is 79.4 Å². The van der Waals surface area contributed by atoms with Crippen LogP contribution in [-0.4, -0.2) is 69.9 Å². The maximum atomic E-state index is 13.0. The number of rotatable bonds is 4. The number of nitriles is 1. The Hall–Kier alpha value is -3.48. The van der Waals surface area contributed by atoms with Gasteiger partial charge in [-0.3, -0.25) is 9.89 Å². The number of halogens is 1. The molecule has 2 fully saturated rings. The number of amides is 2. The number of fused-ring (bicyclic) bond motifs is 2. The van der Waals surface area contributed by atoms with Crippen molar-refractivity contribution >= 4 is 33.9 Å². The number of anilines is 1. The summed E-state index contributed by atoms with van der Waals surface area (Å²) in [6.07, 6.45) is 18.6. The lowest BCUT2D eigenvalue weighted by Gasteiger charge is -2.46. The van der Waals surface area contributed by atoms with Crippen LogP contribution >= 0.6 is 15.9 Å². The van der Waals surface area contributed by atoms with E-state index in [9.17, 15) is 4.79 Å². The average Bonchev–Trinajstić information content (AvgIpc) is 3.33. The van der Waals surface area contributed by atoms with Crippen molar-refractivity contribution in [2.75, 3.05) is 31.5 Å². The van der Waals surface area contributed by atoms with Crippen molar-refractivity contribution in [3.63, 3.8) is 0 Å². The molecule has 1 N–H and O–H groups in total. The van der Waals surface area contributed by atoms with Crippen LogP contribution < -0.4 is 5.32 Å². The maximum absolute atomic E-state index is 13.0. The summed E-state index contributed by atoms with van der Waals surface area (Å²) in [7, 11) is 0. The van der Waals surface area contributed by atoms with Crippen molar-refractivity contribution in [1.82, 2.24) is 19.4 Å². The molecule has 6 atom stereocenters. The highest BCUT2D eigenvalue weighted by Gasteiger charge is 2.47. The Labute approximate surface area is 243 Å². The molecule has 1 aromatic carbocycles. The monoisotopic (exact) mass is 599 g/mol. The molecule has 0 spiro atoms. The van der Waals surface area contributed by atoms with Crippen LogP contribution in [0.4, 0.5) is 10.5 Å². The minimum Gasteiger partial charge on any atom is -0.335 e. The Bertz CT molecular complexity index is 1390. The van der Waals surface area contributed by atoms with Crippen LogP contribution in [0.25, 0.3) is 0 Å². The third-order valence-electron chi connectivity index (χ3n) is 8.92. The van der Waals surface area contributed by atoms with E-state index < -0.39 is 0 Å². The highest BCUT2D eigenvalue weighted by molar-refractivity contribution is 9.12. The van der Waals surface area contributed by atoms with Crippen LogP contribution in [-0.2, 0) is 6.54 Å². The second-order valence-corrected chi connectivity index (χ2v) is 12.1. The lowest BCUT2D eigenvalue weighted by Crippen LogP contribution is -2.58. The molecule has 0 radical (unpaired) electrons. The molecule has 9 heteroatoms. The van der Waals surface area contributed by atoms with E-state index in [1.807, 2.05) is 17.3 Å². The Morgan fingerprint density at radius 2 is 1.90 bits per heavy atom. The summed E-state index contributed by atoms with van der Waals surface area (Å²) in [5.74, 6) is 2.58. The minimum absolute atomic E-state index is 0.0974. The number of imidazole rings is 1. The summed E-state index contributed by atoms with van der Waals surface area (Å²) in [6, 6.07) is 9.39. The number of nitrogens with zero attached hydrogens (tertiary/aromatic N) is 6. The number of urea groups is 1. The van der Waals surface area contributed by atoms with Crippen molar-refractivity contribution in [2.24, 2.45) is 28.7 Å². The molecular weight excluding hydrogens is 566 g/mol. The lowest BCUT2D eigenvalue weighted by atomic mass is 9.79. The van der Waals surface area contributed by atoms with Gasteiger partial charge < -0.3 is 14.8 Å². The molecule has 4 aliphatic rings. The van der Waals surface area contributed by atoms with Gasteiger partial charge in [-0.1, -0.05) is 30.4 Å². The first kappa shape index (κ1) is 26.7. The number of hydrogen-bond donors (Lipinski definition) is 1. The normalized spacial score (nSPS) is 29.6. The standard InChI is InChI=1S/C31H34BrN7O/c1-21-34-10-11-39(21)20-24-16-23-4-2-3-5-27(23)30(29-28(24)17-25(32)19-35-29)37-12-14-38(15-13-37)31(40)36-26-8-6-22(18-33)7-9-26/h2-11,17,19,23-24,27-30H,12-16,20H2,1H3,(H,36,40). The van der Waals surface area contributed by atoms with E-state index in [0.717, 1.165) is 36.4 Å². The SMILES string of the molecule is Cc1nccn1CC1CC2C=CC=CC2C(N2CCN(C(=O)Nc3ccc(C#N)cc3)CC2)C2N=CC(Br)=CC12. The molecular formula is C31H34BrN7O. The van der Waals surface area contributed by atoms with E-state index in [0.29, 0.717) is 48.0 Å². The van der Waals surface area contributed by atoms with Crippen LogP contribution in [0.5, 0.6) is 0 Å². The summed E-state index contributed by atoms with van der Waals surface area (Å²) in [4.78, 5) is 27.2. The Balaban J connectivity index is 1.21. The molecule has 1 saturated carbocycles. The number of dihydropyridines is 1. The van der Waals surface area contributed by atoms with Gasteiger partial charge in [0.15, 0.2) is 0 Å². The highest BCUT2D eigenvalue weighted by Crippen LogP contribution is 2.45. The van der Waals surface area contributed by atoms with Crippen molar-refractivity contribution < 1.29 is 4.79 Å². The van der Waals surface area contributed by atoms with Gasteiger partial charge in [0.25, 0.3) is 0 Å². The lowest BCUT2D eigenvalue weighted by molar-refractivity contribution is 0.0689. The van der Waals surface area contributed by atoms with E-state index >= 15 is 0 Å². The Morgan fingerprint density at radius 1 is 1.12 bits per heavy atom. The van der Waals surface area contributed by atoms with E-state index in [2.05, 4.69) is 85.3 Å². The number of carbonyl (C=O) groups is 1. The zero-order chi connectivity index (χ0) is 27.6. The molecule has 3 heterocycles. The van der Waals surface area contributed by atoms with Crippen LogP contribution in [0.1, 0.15) is 17.8 Å². The third kappa shape index (κ3) is 5.43. The number of allylic oxidation sites excluding steroid dienone is 4. The zero-order valence-corrected chi connectivity index (χ0v) is 24.2. The van der Waals surface area contributed by atoms with Gasteiger partial charge in [-0.25, -0.2) is 9.78 Å². The highest BCUT2D eigenvalue weighted by atomic mass is 79.9. The predicted octanol–water partition coefficient (Wildman–Crippen LogP) is 5.01. The summed E-state index contributed by atoms with van der Waals surface area (Å²) in [6.45, 7) is 5.94. The molecule has 8 nitrogen and oxygen atoms in total. The van der Waals surface area contributed by atoms with Gasteiger partial charge in [-0.05, 0) is 65.4 Å². The van der Waals surface area contributed by atoms with E-state index in [4.69, 9.17) is 10.3 Å². The zero-order valence-electron chi connectivity index (χ0n) is 22.6. The second-order valence-electron chi connectivity index (χ2n) is 11.2. The van der Waals surface area contributed by atoms with Gasteiger partial charge in [0.2, 0.25) is 0 Å². The number of aromatic nitrogens is 2. The second kappa shape index (κ2) is 11.6. The summed E-state index contributed by atoms with van der Waals surface area (Å²) < 4.78 is 3.34. The number of aryl methyl sites for hydroxylation is 1. The molecule has 6 rings (SSSR count). The van der Waals surface area contributed by atoms with Crippen molar-refractivity contribution in [3.05, 3.63) is 82.9 Å². The first-order chi connectivity index (χ1) is 19.5. The first-order valence-corrected chi connectivity index (χ1v) is 14.8. The van der Waals surface area contributed by atoms with E-state index in [-0.39, 0.29) is 18.1 Å². The van der Waals surface area contributed by atoms with Crippen molar-refractivity contribution in [2.45, 2.75) is 32.0 Å². The van der Waals surface area contributed by atoms with Gasteiger partial charge in [-0.2, -0.15) is 5.26 Å². The maximum Gasteiger partial charge on any atom is 0.321 e. The molecule has 2 aliphatic heterocycles.